The first-order chi connectivity index (χ1) is 11.0. The summed E-state index contributed by atoms with van der Waals surface area (Å²) in [6.45, 7) is 0.658. The van der Waals surface area contributed by atoms with E-state index in [1.165, 1.54) is 12.1 Å². The molecule has 0 radical (unpaired) electrons. The third-order valence-corrected chi connectivity index (χ3v) is 4.17. The van der Waals surface area contributed by atoms with Crippen LogP contribution in [0.3, 0.4) is 0 Å². The normalized spacial score (nSPS) is 14.2. The summed E-state index contributed by atoms with van der Waals surface area (Å²) >= 11 is 3.17. The average molecular weight is 377 g/mol. The molecule has 1 aliphatic rings. The Hall–Kier alpha value is -2.21. The largest absolute Gasteiger partial charge is 0.319 e. The molecule has 0 unspecified atom stereocenters. The van der Waals surface area contributed by atoms with Gasteiger partial charge in [0.25, 0.3) is 5.91 Å². The standard InChI is InChI=1S/C17H14BrFN2O2/c18-12-6-7-15(14(19)10-12)20-17(23)11-3-1-4-13(9-11)21-8-2-5-16(21)22/h1,3-4,6-7,9-10H,2,5,8H2,(H,20,23). The van der Waals surface area contributed by atoms with Gasteiger partial charge in [0.1, 0.15) is 5.82 Å². The van der Waals surface area contributed by atoms with E-state index in [9.17, 15) is 14.0 Å². The van der Waals surface area contributed by atoms with Gasteiger partial charge in [-0.3, -0.25) is 9.59 Å². The maximum absolute atomic E-state index is 13.8. The van der Waals surface area contributed by atoms with Crippen LogP contribution in [0.5, 0.6) is 0 Å². The highest BCUT2D eigenvalue weighted by Crippen LogP contribution is 2.24. The van der Waals surface area contributed by atoms with Crippen molar-refractivity contribution < 1.29 is 14.0 Å². The van der Waals surface area contributed by atoms with Crippen LogP contribution in [-0.4, -0.2) is 18.4 Å². The predicted molar refractivity (Wildman–Crippen MR) is 90.1 cm³/mol. The topological polar surface area (TPSA) is 49.4 Å². The highest BCUT2D eigenvalue weighted by Gasteiger charge is 2.22. The molecule has 0 aromatic heterocycles. The Morgan fingerprint density at radius 1 is 1.22 bits per heavy atom. The van der Waals surface area contributed by atoms with Crippen LogP contribution in [0.2, 0.25) is 0 Å². The van der Waals surface area contributed by atoms with E-state index in [1.54, 1.807) is 35.2 Å². The quantitative estimate of drug-likeness (QED) is 0.880. The lowest BCUT2D eigenvalue weighted by Gasteiger charge is -2.16. The molecule has 0 saturated carbocycles. The van der Waals surface area contributed by atoms with E-state index in [0.29, 0.717) is 28.7 Å². The maximum atomic E-state index is 13.8. The molecular weight excluding hydrogens is 363 g/mol. The molecule has 0 bridgehead atoms. The molecule has 2 aromatic carbocycles. The molecule has 2 amide bonds. The Bertz CT molecular complexity index is 779. The summed E-state index contributed by atoms with van der Waals surface area (Å²) in [4.78, 5) is 25.8. The summed E-state index contributed by atoms with van der Waals surface area (Å²) in [5.74, 6) is -0.875. The van der Waals surface area contributed by atoms with Gasteiger partial charge in [-0.05, 0) is 42.8 Å². The zero-order valence-corrected chi connectivity index (χ0v) is 13.8. The Kier molecular flexibility index (Phi) is 4.43. The number of anilines is 2. The summed E-state index contributed by atoms with van der Waals surface area (Å²) in [6, 6.07) is 11.2. The second-order valence-corrected chi connectivity index (χ2v) is 6.19. The third kappa shape index (κ3) is 3.42. The molecule has 118 valence electrons. The highest BCUT2D eigenvalue weighted by atomic mass is 79.9. The fourth-order valence-electron chi connectivity index (χ4n) is 2.52. The molecule has 2 aromatic rings. The molecule has 1 aliphatic heterocycles. The van der Waals surface area contributed by atoms with Crippen molar-refractivity contribution >= 4 is 39.1 Å². The van der Waals surface area contributed by atoms with Crippen molar-refractivity contribution in [3.05, 3.63) is 58.3 Å². The summed E-state index contributed by atoms with van der Waals surface area (Å²) < 4.78 is 14.4. The lowest BCUT2D eigenvalue weighted by molar-refractivity contribution is -0.117. The van der Waals surface area contributed by atoms with E-state index in [4.69, 9.17) is 0 Å². The smallest absolute Gasteiger partial charge is 0.255 e. The molecule has 0 atom stereocenters. The van der Waals surface area contributed by atoms with Crippen LogP contribution in [-0.2, 0) is 4.79 Å². The summed E-state index contributed by atoms with van der Waals surface area (Å²) in [5.41, 5.74) is 1.18. The SMILES string of the molecule is O=C(Nc1ccc(Br)cc1F)c1cccc(N2CCCC2=O)c1. The molecule has 1 heterocycles. The van der Waals surface area contributed by atoms with E-state index in [0.717, 1.165) is 6.42 Å². The van der Waals surface area contributed by atoms with Crippen molar-refractivity contribution in [2.45, 2.75) is 12.8 Å². The number of rotatable bonds is 3. The average Bonchev–Trinajstić information content (AvgIpc) is 2.96. The molecule has 4 nitrogen and oxygen atoms in total. The number of carbonyl (C=O) groups is 2. The first-order valence-electron chi connectivity index (χ1n) is 7.21. The molecule has 1 fully saturated rings. The third-order valence-electron chi connectivity index (χ3n) is 3.67. The van der Waals surface area contributed by atoms with Crippen LogP contribution in [0.15, 0.2) is 46.9 Å². The minimum Gasteiger partial charge on any atom is -0.319 e. The first-order valence-corrected chi connectivity index (χ1v) is 8.01. The van der Waals surface area contributed by atoms with Crippen molar-refractivity contribution in [1.82, 2.24) is 0 Å². The number of carbonyl (C=O) groups excluding carboxylic acids is 2. The first kappa shape index (κ1) is 15.7. The molecule has 0 spiro atoms. The Morgan fingerprint density at radius 2 is 2.04 bits per heavy atom. The number of amides is 2. The van der Waals surface area contributed by atoms with Crippen molar-refractivity contribution in [1.29, 1.82) is 0 Å². The lowest BCUT2D eigenvalue weighted by Crippen LogP contribution is -2.24. The van der Waals surface area contributed by atoms with Gasteiger partial charge in [0.2, 0.25) is 5.91 Å². The van der Waals surface area contributed by atoms with Gasteiger partial charge in [-0.15, -0.1) is 0 Å². The molecule has 3 rings (SSSR count). The van der Waals surface area contributed by atoms with E-state index in [1.807, 2.05) is 0 Å². The van der Waals surface area contributed by atoms with Crippen LogP contribution in [0.1, 0.15) is 23.2 Å². The van der Waals surface area contributed by atoms with E-state index in [2.05, 4.69) is 21.2 Å². The number of halogens is 2. The van der Waals surface area contributed by atoms with Gasteiger partial charge in [-0.1, -0.05) is 22.0 Å². The maximum Gasteiger partial charge on any atom is 0.255 e. The second-order valence-electron chi connectivity index (χ2n) is 5.28. The molecule has 0 aliphatic carbocycles. The van der Waals surface area contributed by atoms with Gasteiger partial charge < -0.3 is 10.2 Å². The van der Waals surface area contributed by atoms with E-state index < -0.39 is 11.7 Å². The number of benzene rings is 2. The van der Waals surface area contributed by atoms with Gasteiger partial charge >= 0.3 is 0 Å². The zero-order chi connectivity index (χ0) is 16.4. The van der Waals surface area contributed by atoms with Gasteiger partial charge in [-0.25, -0.2) is 4.39 Å². The van der Waals surface area contributed by atoms with Crippen LogP contribution in [0, 0.1) is 5.82 Å². The van der Waals surface area contributed by atoms with Crippen LogP contribution in [0.4, 0.5) is 15.8 Å². The Morgan fingerprint density at radius 3 is 2.74 bits per heavy atom. The molecule has 1 saturated heterocycles. The second kappa shape index (κ2) is 6.50. The van der Waals surface area contributed by atoms with E-state index in [-0.39, 0.29) is 11.6 Å². The van der Waals surface area contributed by atoms with Gasteiger partial charge in [0, 0.05) is 28.7 Å². The van der Waals surface area contributed by atoms with Crippen LogP contribution >= 0.6 is 15.9 Å². The minimum atomic E-state index is -0.515. The number of nitrogens with one attached hydrogen (secondary N) is 1. The fraction of sp³-hybridized carbons (Fsp3) is 0.176. The highest BCUT2D eigenvalue weighted by molar-refractivity contribution is 9.10. The molecular formula is C17H14BrFN2O2. The van der Waals surface area contributed by atoms with Crippen molar-refractivity contribution in [3.63, 3.8) is 0 Å². The van der Waals surface area contributed by atoms with Crippen LogP contribution in [0.25, 0.3) is 0 Å². The molecule has 23 heavy (non-hydrogen) atoms. The lowest BCUT2D eigenvalue weighted by atomic mass is 10.1. The van der Waals surface area contributed by atoms with Gasteiger partial charge in [0.05, 0.1) is 5.69 Å². The van der Waals surface area contributed by atoms with E-state index >= 15 is 0 Å². The summed E-state index contributed by atoms with van der Waals surface area (Å²) in [5, 5.41) is 2.54. The van der Waals surface area contributed by atoms with Crippen LogP contribution < -0.4 is 10.2 Å². The molecule has 6 heteroatoms. The predicted octanol–water partition coefficient (Wildman–Crippen LogP) is 3.97. The molecule has 1 N–H and O–H groups in total. The number of hydrogen-bond acceptors (Lipinski definition) is 2. The number of nitrogens with zero attached hydrogens (tertiary/aromatic N) is 1. The monoisotopic (exact) mass is 376 g/mol. The van der Waals surface area contributed by atoms with Crippen molar-refractivity contribution in [2.24, 2.45) is 0 Å². The number of hydrogen-bond donors (Lipinski definition) is 1. The Balaban J connectivity index is 1.81. The summed E-state index contributed by atoms with van der Waals surface area (Å²) in [6.07, 6.45) is 1.35. The zero-order valence-electron chi connectivity index (χ0n) is 12.2. The Labute approximate surface area is 141 Å². The van der Waals surface area contributed by atoms with Crippen molar-refractivity contribution in [2.75, 3.05) is 16.8 Å². The fourth-order valence-corrected chi connectivity index (χ4v) is 2.85. The van der Waals surface area contributed by atoms with Crippen molar-refractivity contribution in [3.8, 4) is 0 Å². The minimum absolute atomic E-state index is 0.0570. The van der Waals surface area contributed by atoms with Gasteiger partial charge in [0.15, 0.2) is 0 Å². The van der Waals surface area contributed by atoms with Gasteiger partial charge in [-0.2, -0.15) is 0 Å². The summed E-state index contributed by atoms with van der Waals surface area (Å²) in [7, 11) is 0.